The van der Waals surface area contributed by atoms with Crippen molar-refractivity contribution in [3.8, 4) is 5.75 Å². The van der Waals surface area contributed by atoms with Crippen LogP contribution < -0.4 is 0 Å². The second kappa shape index (κ2) is 5.50. The molecule has 4 rings (SSSR count). The Labute approximate surface area is 153 Å². The molecule has 0 heterocycles. The fourth-order valence-corrected chi connectivity index (χ4v) is 7.50. The van der Waals surface area contributed by atoms with Crippen LogP contribution in [0.15, 0.2) is 22.3 Å². The number of hydrogen-bond donors (Lipinski definition) is 1. The molecule has 2 fully saturated rings. The van der Waals surface area contributed by atoms with Gasteiger partial charge in [0.05, 0.1) is 0 Å². The molecule has 124 valence electrons. The van der Waals surface area contributed by atoms with E-state index in [0.717, 1.165) is 30.1 Å². The van der Waals surface area contributed by atoms with Crippen molar-refractivity contribution < 1.29 is 5.11 Å². The van der Waals surface area contributed by atoms with E-state index in [2.05, 4.69) is 43.0 Å². The first-order valence-corrected chi connectivity index (χ1v) is 10.2. The van der Waals surface area contributed by atoms with Crippen molar-refractivity contribution in [2.45, 2.75) is 58.3 Å². The second-order valence-electron chi connectivity index (χ2n) is 8.37. The highest BCUT2D eigenvalue weighted by Gasteiger charge is 2.55. The molecule has 0 saturated heterocycles. The number of phenols is 1. The van der Waals surface area contributed by atoms with Crippen LogP contribution in [0, 0.1) is 30.1 Å². The molecule has 0 aliphatic heterocycles. The predicted molar refractivity (Wildman–Crippen MR) is 104 cm³/mol. The van der Waals surface area contributed by atoms with Gasteiger partial charge in [0.15, 0.2) is 0 Å². The van der Waals surface area contributed by atoms with Crippen molar-refractivity contribution >= 4 is 22.6 Å². The zero-order valence-corrected chi connectivity index (χ0v) is 16.4. The molecule has 0 radical (unpaired) electrons. The fourth-order valence-electron chi connectivity index (χ4n) is 6.47. The zero-order valence-electron chi connectivity index (χ0n) is 14.2. The van der Waals surface area contributed by atoms with Gasteiger partial charge < -0.3 is 5.11 Å². The zero-order chi connectivity index (χ0) is 16.4. The van der Waals surface area contributed by atoms with Gasteiger partial charge in [0.1, 0.15) is 5.75 Å². The van der Waals surface area contributed by atoms with E-state index in [9.17, 15) is 5.11 Å². The van der Waals surface area contributed by atoms with Crippen molar-refractivity contribution in [1.82, 2.24) is 0 Å². The maximum absolute atomic E-state index is 9.94. The number of fused-ring (bicyclic) bond motifs is 5. The minimum atomic E-state index is 0.447. The van der Waals surface area contributed by atoms with Gasteiger partial charge in [-0.1, -0.05) is 13.5 Å². The van der Waals surface area contributed by atoms with Crippen LogP contribution in [0.2, 0.25) is 0 Å². The van der Waals surface area contributed by atoms with Crippen molar-refractivity contribution in [2.75, 3.05) is 0 Å². The summed E-state index contributed by atoms with van der Waals surface area (Å²) >= 11 is 2.48. The third kappa shape index (κ3) is 2.31. The van der Waals surface area contributed by atoms with E-state index in [1.54, 1.807) is 5.56 Å². The Morgan fingerprint density at radius 2 is 2.04 bits per heavy atom. The Bertz CT molecular complexity index is 664. The summed E-state index contributed by atoms with van der Waals surface area (Å²) < 4.78 is 1.38. The smallest absolute Gasteiger partial charge is 0.116 e. The monoisotopic (exact) mass is 422 g/mol. The lowest BCUT2D eigenvalue weighted by molar-refractivity contribution is 0.0404. The predicted octanol–water partition coefficient (Wildman–Crippen LogP) is 6.12. The number of aryl methyl sites for hydroxylation is 2. The molecule has 0 bridgehead atoms. The summed E-state index contributed by atoms with van der Waals surface area (Å²) in [6.45, 7) is 9.04. The normalized spacial score (nSPS) is 38.6. The van der Waals surface area contributed by atoms with E-state index in [0.29, 0.717) is 11.2 Å². The molecule has 2 heteroatoms. The highest BCUT2D eigenvalue weighted by molar-refractivity contribution is 14.1. The molecule has 1 nitrogen and oxygen atoms in total. The Morgan fingerprint density at radius 1 is 1.26 bits per heavy atom. The Balaban J connectivity index is 1.72. The number of rotatable bonds is 1. The number of phenolic OH excluding ortho intramolecular Hbond substituents is 1. The maximum Gasteiger partial charge on any atom is 0.116 e. The minimum Gasteiger partial charge on any atom is -0.508 e. The van der Waals surface area contributed by atoms with Crippen LogP contribution >= 0.6 is 22.6 Å². The third-order valence-corrected chi connectivity index (χ3v) is 8.14. The van der Waals surface area contributed by atoms with Crippen molar-refractivity contribution in [2.24, 2.45) is 23.2 Å². The number of hydrogen-bond acceptors (Lipinski definition) is 1. The highest BCUT2D eigenvalue weighted by atomic mass is 127. The first-order valence-electron chi connectivity index (χ1n) is 9.08. The highest BCUT2D eigenvalue weighted by Crippen LogP contribution is 2.64. The van der Waals surface area contributed by atoms with Crippen LogP contribution in [0.3, 0.4) is 0 Å². The van der Waals surface area contributed by atoms with Gasteiger partial charge in [0.25, 0.3) is 0 Å². The summed E-state index contributed by atoms with van der Waals surface area (Å²) in [5.41, 5.74) is 4.78. The van der Waals surface area contributed by atoms with Crippen molar-refractivity contribution in [1.29, 1.82) is 0 Å². The molecule has 2 saturated carbocycles. The molecule has 5 atom stereocenters. The van der Waals surface area contributed by atoms with Gasteiger partial charge in [-0.25, -0.2) is 0 Å². The lowest BCUT2D eigenvalue weighted by Crippen LogP contribution is -2.42. The lowest BCUT2D eigenvalue weighted by atomic mass is 9.54. The molecule has 1 aromatic rings. The molecule has 1 N–H and O–H groups in total. The quantitative estimate of drug-likeness (QED) is 0.541. The summed E-state index contributed by atoms with van der Waals surface area (Å²) in [5, 5.41) is 9.94. The maximum atomic E-state index is 9.94. The SMILES string of the molecule is C=C(I)C1CCC2C3CCc4cc(O)cc(C)c4C3CCC12C. The number of benzene rings is 1. The average Bonchev–Trinajstić information content (AvgIpc) is 2.83. The van der Waals surface area contributed by atoms with E-state index in [1.165, 1.54) is 46.8 Å². The Hall–Kier alpha value is -0.510. The van der Waals surface area contributed by atoms with Gasteiger partial charge >= 0.3 is 0 Å². The standard InChI is InChI=1S/C21H27IO/c1-12-10-15(23)11-14-4-5-16-17(20(12)14)8-9-21(3)18(13(2)22)6-7-19(16)21/h10-11,16-19,23H,2,4-9H2,1,3H3. The van der Waals surface area contributed by atoms with Gasteiger partial charge in [0, 0.05) is 0 Å². The fraction of sp³-hybridized carbons (Fsp3) is 0.619. The summed E-state index contributed by atoms with van der Waals surface area (Å²) in [6, 6.07) is 4.00. The molecule has 0 spiro atoms. The minimum absolute atomic E-state index is 0.447. The summed E-state index contributed by atoms with van der Waals surface area (Å²) in [5.74, 6) is 3.59. The van der Waals surface area contributed by atoms with E-state index in [1.807, 2.05) is 12.1 Å². The summed E-state index contributed by atoms with van der Waals surface area (Å²) in [6.07, 6.45) is 7.84. The summed E-state index contributed by atoms with van der Waals surface area (Å²) in [7, 11) is 0. The Kier molecular flexibility index (Phi) is 3.82. The molecule has 1 aromatic carbocycles. The molecule has 0 amide bonds. The van der Waals surface area contributed by atoms with Gasteiger partial charge in [-0.15, -0.1) is 0 Å². The molecule has 3 aliphatic carbocycles. The number of allylic oxidation sites excluding steroid dienone is 1. The van der Waals surface area contributed by atoms with Crippen LogP contribution in [-0.2, 0) is 6.42 Å². The lowest BCUT2D eigenvalue weighted by Gasteiger charge is -2.51. The van der Waals surface area contributed by atoms with Gasteiger partial charge in [-0.2, -0.15) is 0 Å². The molecular formula is C21H27IO. The van der Waals surface area contributed by atoms with E-state index in [-0.39, 0.29) is 0 Å². The van der Waals surface area contributed by atoms with Crippen LogP contribution in [0.25, 0.3) is 0 Å². The van der Waals surface area contributed by atoms with Gasteiger partial charge in [0.2, 0.25) is 0 Å². The molecule has 5 unspecified atom stereocenters. The van der Waals surface area contributed by atoms with Gasteiger partial charge in [-0.3, -0.25) is 0 Å². The second-order valence-corrected chi connectivity index (χ2v) is 9.76. The summed E-state index contributed by atoms with van der Waals surface area (Å²) in [4.78, 5) is 0. The van der Waals surface area contributed by atoms with Crippen LogP contribution in [0.4, 0.5) is 0 Å². The molecule has 0 aromatic heterocycles. The van der Waals surface area contributed by atoms with Crippen molar-refractivity contribution in [3.63, 3.8) is 0 Å². The average molecular weight is 422 g/mol. The first-order chi connectivity index (χ1) is 10.9. The number of aromatic hydroxyl groups is 1. The van der Waals surface area contributed by atoms with E-state index < -0.39 is 0 Å². The third-order valence-electron chi connectivity index (χ3n) is 7.39. The topological polar surface area (TPSA) is 20.2 Å². The van der Waals surface area contributed by atoms with E-state index >= 15 is 0 Å². The van der Waals surface area contributed by atoms with Crippen LogP contribution in [-0.4, -0.2) is 5.11 Å². The first kappa shape index (κ1) is 16.0. The van der Waals surface area contributed by atoms with E-state index in [4.69, 9.17) is 0 Å². The largest absolute Gasteiger partial charge is 0.508 e. The van der Waals surface area contributed by atoms with Crippen LogP contribution in [0.1, 0.15) is 61.6 Å². The molecule has 3 aliphatic rings. The van der Waals surface area contributed by atoms with Crippen molar-refractivity contribution in [3.05, 3.63) is 39.0 Å². The molecule has 23 heavy (non-hydrogen) atoms. The molecular weight excluding hydrogens is 395 g/mol. The Morgan fingerprint density at radius 3 is 2.78 bits per heavy atom. The number of halogens is 1. The van der Waals surface area contributed by atoms with Crippen LogP contribution in [0.5, 0.6) is 5.75 Å². The van der Waals surface area contributed by atoms with Gasteiger partial charge in [-0.05, 0) is 130 Å².